The summed E-state index contributed by atoms with van der Waals surface area (Å²) >= 11 is 0. The van der Waals surface area contributed by atoms with E-state index in [1.807, 2.05) is 0 Å². The van der Waals surface area contributed by atoms with Gasteiger partial charge in [-0.2, -0.15) is 0 Å². The van der Waals surface area contributed by atoms with Gasteiger partial charge in [-0.15, -0.1) is 0 Å². The van der Waals surface area contributed by atoms with Crippen molar-refractivity contribution in [1.82, 2.24) is 19.6 Å². The smallest absolute Gasteiger partial charge is 0.339 e. The van der Waals surface area contributed by atoms with Gasteiger partial charge in [0.15, 0.2) is 13.5 Å². The van der Waals surface area contributed by atoms with Crippen LogP contribution in [-0.2, 0) is 28.7 Å². The summed E-state index contributed by atoms with van der Waals surface area (Å²) in [4.78, 5) is 80.5. The van der Waals surface area contributed by atoms with E-state index in [2.05, 4.69) is 0 Å². The van der Waals surface area contributed by atoms with Crippen LogP contribution in [0.4, 0.5) is 0 Å². The van der Waals surface area contributed by atoms with Gasteiger partial charge >= 0.3 is 11.9 Å². The summed E-state index contributed by atoms with van der Waals surface area (Å²) in [7, 11) is 0. The Morgan fingerprint density at radius 2 is 0.900 bits per heavy atom. The highest BCUT2D eigenvalue weighted by atomic mass is 16.6. The number of nitrogens with zero attached hydrogens (tertiary/aromatic N) is 4. The normalized spacial score (nSPS) is 18.4. The zero-order valence-corrected chi connectivity index (χ0v) is 22.2. The van der Waals surface area contributed by atoms with E-state index < -0.39 is 49.0 Å². The van der Waals surface area contributed by atoms with Gasteiger partial charge in [-0.1, -0.05) is 36.4 Å². The topological polar surface area (TPSA) is 134 Å². The average molecular weight is 551 g/mol. The summed E-state index contributed by atoms with van der Waals surface area (Å²) in [5.41, 5.74) is 0.615. The van der Waals surface area contributed by atoms with Crippen LogP contribution < -0.4 is 0 Å². The molecule has 0 spiro atoms. The molecule has 12 nitrogen and oxygen atoms in total. The van der Waals surface area contributed by atoms with Gasteiger partial charge in [0.25, 0.3) is 0 Å². The van der Waals surface area contributed by atoms with Gasteiger partial charge in [0.1, 0.15) is 0 Å². The van der Waals surface area contributed by atoms with Crippen LogP contribution in [0.3, 0.4) is 0 Å². The minimum Gasteiger partial charge on any atom is -0.440 e. The van der Waals surface area contributed by atoms with Crippen LogP contribution in [0.5, 0.6) is 0 Å². The van der Waals surface area contributed by atoms with Crippen LogP contribution in [0, 0.1) is 0 Å². The van der Waals surface area contributed by atoms with Crippen molar-refractivity contribution < 1.29 is 38.2 Å². The Hall–Kier alpha value is -4.42. The number of amides is 4. The number of piperazine rings is 2. The summed E-state index contributed by atoms with van der Waals surface area (Å²) in [6.45, 7) is 2.24. The molecule has 2 unspecified atom stereocenters. The molecule has 210 valence electrons. The molecular formula is C28H30N4O8. The zero-order valence-electron chi connectivity index (χ0n) is 22.2. The highest BCUT2D eigenvalue weighted by Crippen LogP contribution is 2.18. The molecule has 0 radical (unpaired) electrons. The second-order valence-electron chi connectivity index (χ2n) is 9.58. The molecule has 0 bridgehead atoms. The first-order chi connectivity index (χ1) is 19.2. The first-order valence-corrected chi connectivity index (χ1v) is 12.7. The summed E-state index contributed by atoms with van der Waals surface area (Å²) in [5, 5.41) is 0. The Labute approximate surface area is 231 Å². The fraction of sp³-hybridized carbons (Fsp3) is 0.357. The lowest BCUT2D eigenvalue weighted by atomic mass is 10.1. The molecule has 2 aliphatic rings. The van der Waals surface area contributed by atoms with E-state index in [1.165, 1.54) is 0 Å². The molecule has 2 saturated heterocycles. The fourth-order valence-corrected chi connectivity index (χ4v) is 4.46. The SMILES string of the molecule is CC(C(C)N1CC(=O)N(COC(=O)c2ccccc2)C(=O)C1)N1CC(=O)N(COC(=O)c2ccccc2)C(=O)C1. The molecule has 4 amide bonds. The molecule has 0 saturated carbocycles. The Morgan fingerprint density at radius 3 is 1.20 bits per heavy atom. The quantitative estimate of drug-likeness (QED) is 0.325. The lowest BCUT2D eigenvalue weighted by molar-refractivity contribution is -0.161. The second kappa shape index (κ2) is 12.6. The lowest BCUT2D eigenvalue weighted by Crippen LogP contribution is -2.63. The predicted molar refractivity (Wildman–Crippen MR) is 139 cm³/mol. The largest absolute Gasteiger partial charge is 0.440 e. The van der Waals surface area contributed by atoms with Crippen molar-refractivity contribution in [3.8, 4) is 0 Å². The molecule has 0 aliphatic carbocycles. The molecule has 2 fully saturated rings. The second-order valence-corrected chi connectivity index (χ2v) is 9.58. The van der Waals surface area contributed by atoms with Crippen molar-refractivity contribution in [2.24, 2.45) is 0 Å². The first kappa shape index (κ1) is 28.6. The van der Waals surface area contributed by atoms with Gasteiger partial charge in [0, 0.05) is 12.1 Å². The molecule has 12 heteroatoms. The maximum atomic E-state index is 12.7. The van der Waals surface area contributed by atoms with E-state index in [0.717, 1.165) is 9.80 Å². The molecule has 4 rings (SSSR count). The van der Waals surface area contributed by atoms with Gasteiger partial charge in [-0.05, 0) is 38.1 Å². The van der Waals surface area contributed by atoms with Crippen molar-refractivity contribution in [1.29, 1.82) is 0 Å². The maximum Gasteiger partial charge on any atom is 0.339 e. The predicted octanol–water partition coefficient (Wildman–Crippen LogP) is 0.734. The maximum absolute atomic E-state index is 12.7. The monoisotopic (exact) mass is 550 g/mol. The van der Waals surface area contributed by atoms with Gasteiger partial charge in [0.2, 0.25) is 23.6 Å². The highest BCUT2D eigenvalue weighted by Gasteiger charge is 2.40. The van der Waals surface area contributed by atoms with Crippen LogP contribution in [0.2, 0.25) is 0 Å². The third-order valence-electron chi connectivity index (χ3n) is 7.08. The molecular weight excluding hydrogens is 520 g/mol. The molecule has 40 heavy (non-hydrogen) atoms. The van der Waals surface area contributed by atoms with Gasteiger partial charge < -0.3 is 9.47 Å². The van der Waals surface area contributed by atoms with Crippen LogP contribution >= 0.6 is 0 Å². The molecule has 0 N–H and O–H groups in total. The molecule has 2 heterocycles. The van der Waals surface area contributed by atoms with Crippen LogP contribution in [0.1, 0.15) is 34.6 Å². The van der Waals surface area contributed by atoms with E-state index in [9.17, 15) is 28.8 Å². The van der Waals surface area contributed by atoms with E-state index in [1.54, 1.807) is 84.3 Å². The Bertz CT molecular complexity index is 1150. The average Bonchev–Trinajstić information content (AvgIpc) is 2.96. The van der Waals surface area contributed by atoms with Crippen LogP contribution in [-0.4, -0.2) is 107 Å². The molecule has 0 aromatic heterocycles. The number of carbonyl (C=O) groups excluding carboxylic acids is 6. The first-order valence-electron chi connectivity index (χ1n) is 12.7. The number of rotatable bonds is 9. The zero-order chi connectivity index (χ0) is 28.8. The summed E-state index contributed by atoms with van der Waals surface area (Å²) in [6.07, 6.45) is 0. The summed E-state index contributed by atoms with van der Waals surface area (Å²) < 4.78 is 10.3. The number of hydrogen-bond acceptors (Lipinski definition) is 10. The third kappa shape index (κ3) is 6.58. The molecule has 2 aromatic rings. The van der Waals surface area contributed by atoms with E-state index in [-0.39, 0.29) is 38.3 Å². The lowest BCUT2D eigenvalue weighted by Gasteiger charge is -2.43. The molecule has 2 aromatic carbocycles. The number of ether oxygens (including phenoxy) is 2. The number of benzene rings is 2. The van der Waals surface area contributed by atoms with E-state index in [0.29, 0.717) is 11.1 Å². The van der Waals surface area contributed by atoms with Crippen molar-refractivity contribution in [3.63, 3.8) is 0 Å². The Balaban J connectivity index is 1.28. The Kier molecular flexibility index (Phi) is 9.02. The number of hydrogen-bond donors (Lipinski definition) is 0. The standard InChI is InChI=1S/C28H30N4O8/c1-19(29-13-23(33)31(24(34)14-29)17-39-27(37)21-9-5-3-6-10-21)20(2)30-15-25(35)32(26(36)16-30)18-40-28(38)22-11-7-4-8-12-22/h3-12,19-20H,13-18H2,1-2H3. The van der Waals surface area contributed by atoms with Crippen molar-refractivity contribution >= 4 is 35.6 Å². The number of esters is 2. The Morgan fingerprint density at radius 1 is 0.600 bits per heavy atom. The van der Waals surface area contributed by atoms with E-state index in [4.69, 9.17) is 9.47 Å². The van der Waals surface area contributed by atoms with Crippen LogP contribution in [0.25, 0.3) is 0 Å². The molecule has 2 aliphatic heterocycles. The minimum atomic E-state index is -0.645. The van der Waals surface area contributed by atoms with Gasteiger partial charge in [-0.3, -0.25) is 29.0 Å². The molecule has 2 atom stereocenters. The number of imide groups is 2. The summed E-state index contributed by atoms with van der Waals surface area (Å²) in [5.74, 6) is -3.37. The van der Waals surface area contributed by atoms with Gasteiger partial charge in [-0.25, -0.2) is 19.4 Å². The fourth-order valence-electron chi connectivity index (χ4n) is 4.46. The van der Waals surface area contributed by atoms with Crippen LogP contribution in [0.15, 0.2) is 60.7 Å². The van der Waals surface area contributed by atoms with Crippen molar-refractivity contribution in [3.05, 3.63) is 71.8 Å². The van der Waals surface area contributed by atoms with Gasteiger partial charge in [0.05, 0.1) is 37.3 Å². The summed E-state index contributed by atoms with van der Waals surface area (Å²) in [6, 6.07) is 15.7. The minimum absolute atomic E-state index is 0.0998. The van der Waals surface area contributed by atoms with E-state index >= 15 is 0 Å². The number of carbonyl (C=O) groups is 6. The van der Waals surface area contributed by atoms with Crippen molar-refractivity contribution in [2.45, 2.75) is 25.9 Å². The van der Waals surface area contributed by atoms with Crippen molar-refractivity contribution in [2.75, 3.05) is 39.6 Å². The highest BCUT2D eigenvalue weighted by molar-refractivity contribution is 6.00. The third-order valence-corrected chi connectivity index (χ3v) is 7.08.